The van der Waals surface area contributed by atoms with Crippen molar-refractivity contribution >= 4 is 17.4 Å². The summed E-state index contributed by atoms with van der Waals surface area (Å²) >= 11 is 0. The first-order valence-electron chi connectivity index (χ1n) is 8.53. The molecule has 1 aliphatic heterocycles. The molecular weight excluding hydrogens is 332 g/mol. The van der Waals surface area contributed by atoms with Crippen LogP contribution in [-0.4, -0.2) is 30.0 Å². The van der Waals surface area contributed by atoms with Gasteiger partial charge in [-0.3, -0.25) is 14.6 Å². The molecule has 136 valence electrons. The third-order valence-corrected chi connectivity index (χ3v) is 4.69. The average molecular weight is 354 g/mol. The van der Waals surface area contributed by atoms with Gasteiger partial charge in [-0.05, 0) is 26.0 Å². The SMILES string of the molecule is CCOC(=O)C1C(C)=Nc2ccn(C)c(=O)c2C1c1ccccc1OC. The molecule has 0 amide bonds. The molecule has 6 nitrogen and oxygen atoms in total. The van der Waals surface area contributed by atoms with Crippen molar-refractivity contribution in [2.45, 2.75) is 19.8 Å². The summed E-state index contributed by atoms with van der Waals surface area (Å²) in [7, 11) is 3.26. The highest BCUT2D eigenvalue weighted by Gasteiger charge is 2.41. The third-order valence-electron chi connectivity index (χ3n) is 4.69. The molecule has 1 aromatic heterocycles. The van der Waals surface area contributed by atoms with Gasteiger partial charge in [0.25, 0.3) is 5.56 Å². The molecule has 3 rings (SSSR count). The second-order valence-corrected chi connectivity index (χ2v) is 6.23. The molecule has 0 spiro atoms. The molecule has 0 aliphatic carbocycles. The molecule has 6 heteroatoms. The van der Waals surface area contributed by atoms with Gasteiger partial charge in [0.2, 0.25) is 0 Å². The quantitative estimate of drug-likeness (QED) is 0.792. The summed E-state index contributed by atoms with van der Waals surface area (Å²) in [4.78, 5) is 30.2. The number of fused-ring (bicyclic) bond motifs is 1. The zero-order chi connectivity index (χ0) is 18.8. The van der Waals surface area contributed by atoms with Crippen molar-refractivity contribution in [3.63, 3.8) is 0 Å². The number of pyridine rings is 1. The van der Waals surface area contributed by atoms with E-state index in [-0.39, 0.29) is 18.1 Å². The van der Waals surface area contributed by atoms with Gasteiger partial charge in [0.15, 0.2) is 0 Å². The normalized spacial score (nSPS) is 18.7. The van der Waals surface area contributed by atoms with Crippen molar-refractivity contribution < 1.29 is 14.3 Å². The van der Waals surface area contributed by atoms with E-state index < -0.39 is 11.8 Å². The van der Waals surface area contributed by atoms with Crippen LogP contribution in [0.4, 0.5) is 5.69 Å². The molecule has 0 saturated carbocycles. The minimum Gasteiger partial charge on any atom is -0.496 e. The summed E-state index contributed by atoms with van der Waals surface area (Å²) in [5, 5.41) is 0. The predicted molar refractivity (Wildman–Crippen MR) is 99.4 cm³/mol. The molecule has 2 unspecified atom stereocenters. The van der Waals surface area contributed by atoms with Gasteiger partial charge in [-0.2, -0.15) is 0 Å². The molecule has 2 aromatic rings. The number of methoxy groups -OCH3 is 1. The fourth-order valence-electron chi connectivity index (χ4n) is 3.49. The first kappa shape index (κ1) is 17.9. The number of carbonyl (C=O) groups excluding carboxylic acids is 1. The smallest absolute Gasteiger partial charge is 0.315 e. The Morgan fingerprint density at radius 3 is 2.69 bits per heavy atom. The number of para-hydroxylation sites is 1. The Hall–Kier alpha value is -2.89. The highest BCUT2D eigenvalue weighted by Crippen LogP contribution is 2.43. The second kappa shape index (κ2) is 7.15. The van der Waals surface area contributed by atoms with Crippen LogP contribution in [0.3, 0.4) is 0 Å². The standard InChI is InChI=1S/C20H22N2O4/c1-5-26-20(24)16-12(2)21-14-10-11-22(3)19(23)18(14)17(16)13-8-6-7-9-15(13)25-4/h6-11,16-17H,5H2,1-4H3. The maximum absolute atomic E-state index is 12.9. The lowest BCUT2D eigenvalue weighted by Gasteiger charge is -2.31. The Kier molecular flexibility index (Phi) is 4.93. The summed E-state index contributed by atoms with van der Waals surface area (Å²) in [5.41, 5.74) is 2.29. The first-order chi connectivity index (χ1) is 12.5. The molecule has 2 atom stereocenters. The molecule has 0 N–H and O–H groups in total. The van der Waals surface area contributed by atoms with Crippen LogP contribution in [-0.2, 0) is 16.6 Å². The van der Waals surface area contributed by atoms with E-state index in [0.717, 1.165) is 5.56 Å². The zero-order valence-electron chi connectivity index (χ0n) is 15.4. The number of hydrogen-bond acceptors (Lipinski definition) is 5. The van der Waals surface area contributed by atoms with Crippen molar-refractivity contribution in [2.24, 2.45) is 18.0 Å². The zero-order valence-corrected chi connectivity index (χ0v) is 15.4. The van der Waals surface area contributed by atoms with Gasteiger partial charge >= 0.3 is 5.97 Å². The number of rotatable bonds is 4. The molecular formula is C20H22N2O4. The lowest BCUT2D eigenvalue weighted by molar-refractivity contribution is -0.146. The lowest BCUT2D eigenvalue weighted by atomic mass is 9.76. The molecule has 0 radical (unpaired) electrons. The van der Waals surface area contributed by atoms with Crippen LogP contribution in [0.2, 0.25) is 0 Å². The van der Waals surface area contributed by atoms with Crippen molar-refractivity contribution in [3.05, 3.63) is 58.0 Å². The molecule has 0 fully saturated rings. The summed E-state index contributed by atoms with van der Waals surface area (Å²) in [6.07, 6.45) is 1.68. The highest BCUT2D eigenvalue weighted by molar-refractivity contribution is 6.05. The van der Waals surface area contributed by atoms with Crippen LogP contribution in [0.15, 0.2) is 46.3 Å². The van der Waals surface area contributed by atoms with Gasteiger partial charge in [0.05, 0.1) is 25.0 Å². The Balaban J connectivity index is 2.31. The molecule has 2 heterocycles. The van der Waals surface area contributed by atoms with Gasteiger partial charge in [-0.15, -0.1) is 0 Å². The molecule has 1 aromatic carbocycles. The van der Waals surface area contributed by atoms with Crippen LogP contribution < -0.4 is 10.3 Å². The minimum absolute atomic E-state index is 0.177. The molecule has 0 bridgehead atoms. The number of aromatic nitrogens is 1. The topological polar surface area (TPSA) is 69.9 Å². The van der Waals surface area contributed by atoms with E-state index in [4.69, 9.17) is 9.47 Å². The molecule has 1 aliphatic rings. The number of benzene rings is 1. The number of carbonyl (C=O) groups is 1. The minimum atomic E-state index is -0.672. The van der Waals surface area contributed by atoms with E-state index >= 15 is 0 Å². The van der Waals surface area contributed by atoms with Crippen molar-refractivity contribution in [2.75, 3.05) is 13.7 Å². The van der Waals surface area contributed by atoms with Crippen LogP contribution in [0.25, 0.3) is 0 Å². The molecule has 0 saturated heterocycles. The summed E-state index contributed by atoms with van der Waals surface area (Å²) in [6, 6.07) is 9.23. The number of aryl methyl sites for hydroxylation is 1. The summed E-state index contributed by atoms with van der Waals surface area (Å²) in [6.45, 7) is 3.82. The van der Waals surface area contributed by atoms with Crippen LogP contribution in [0.1, 0.15) is 30.9 Å². The van der Waals surface area contributed by atoms with Crippen LogP contribution in [0, 0.1) is 5.92 Å². The van der Waals surface area contributed by atoms with Crippen molar-refractivity contribution in [3.8, 4) is 5.75 Å². The maximum Gasteiger partial charge on any atom is 0.315 e. The fourth-order valence-corrected chi connectivity index (χ4v) is 3.49. The fraction of sp³-hybridized carbons (Fsp3) is 0.350. The van der Waals surface area contributed by atoms with Crippen molar-refractivity contribution in [1.82, 2.24) is 4.57 Å². The van der Waals surface area contributed by atoms with Gasteiger partial charge in [0.1, 0.15) is 11.7 Å². The number of hydrogen-bond donors (Lipinski definition) is 0. The monoisotopic (exact) mass is 354 g/mol. The predicted octanol–water partition coefficient (Wildman–Crippen LogP) is 2.81. The van der Waals surface area contributed by atoms with E-state index in [1.54, 1.807) is 40.3 Å². The summed E-state index contributed by atoms with van der Waals surface area (Å²) in [5.74, 6) is -0.953. The molecule has 26 heavy (non-hydrogen) atoms. The maximum atomic E-state index is 12.9. The lowest BCUT2D eigenvalue weighted by Crippen LogP contribution is -2.37. The van der Waals surface area contributed by atoms with E-state index in [9.17, 15) is 9.59 Å². The van der Waals surface area contributed by atoms with Crippen LogP contribution >= 0.6 is 0 Å². The second-order valence-electron chi connectivity index (χ2n) is 6.23. The Bertz CT molecular complexity index is 930. The summed E-state index contributed by atoms with van der Waals surface area (Å²) < 4.78 is 12.3. The Morgan fingerprint density at radius 2 is 2.00 bits per heavy atom. The van der Waals surface area contributed by atoms with Gasteiger partial charge in [-0.1, -0.05) is 18.2 Å². The number of nitrogens with zero attached hydrogens (tertiary/aromatic N) is 2. The number of aliphatic imine (C=N–C) groups is 1. The van der Waals surface area contributed by atoms with Gasteiger partial charge in [0, 0.05) is 30.4 Å². The van der Waals surface area contributed by atoms with E-state index in [2.05, 4.69) is 4.99 Å². The number of ether oxygens (including phenoxy) is 2. The first-order valence-corrected chi connectivity index (χ1v) is 8.53. The number of esters is 1. The average Bonchev–Trinajstić information content (AvgIpc) is 2.64. The Labute approximate surface area is 152 Å². The van der Waals surface area contributed by atoms with E-state index in [1.165, 1.54) is 4.57 Å². The van der Waals surface area contributed by atoms with E-state index in [1.807, 2.05) is 24.3 Å². The van der Waals surface area contributed by atoms with Gasteiger partial charge in [-0.25, -0.2) is 0 Å². The van der Waals surface area contributed by atoms with E-state index in [0.29, 0.717) is 22.7 Å². The highest BCUT2D eigenvalue weighted by atomic mass is 16.5. The largest absolute Gasteiger partial charge is 0.496 e. The Morgan fingerprint density at radius 1 is 1.27 bits per heavy atom. The van der Waals surface area contributed by atoms with Crippen LogP contribution in [0.5, 0.6) is 5.75 Å². The third kappa shape index (κ3) is 2.92. The van der Waals surface area contributed by atoms with Crippen molar-refractivity contribution in [1.29, 1.82) is 0 Å². The van der Waals surface area contributed by atoms with Gasteiger partial charge < -0.3 is 14.0 Å².